The number of nitrogens with zero attached hydrogens (tertiary/aromatic N) is 2. The highest BCUT2D eigenvalue weighted by Gasteiger charge is 2.02. The maximum atomic E-state index is 11.4. The number of ether oxygens (including phenoxy) is 1. The molecule has 0 spiro atoms. The Morgan fingerprint density at radius 2 is 2.38 bits per heavy atom. The Balaban J connectivity index is 2.84. The molecule has 0 aliphatic rings. The van der Waals surface area contributed by atoms with Gasteiger partial charge in [0.15, 0.2) is 0 Å². The zero-order valence-electron chi connectivity index (χ0n) is 8.15. The highest BCUT2D eigenvalue weighted by molar-refractivity contribution is 4.96. The topological polar surface area (TPSA) is 44.1 Å². The molecule has 0 fully saturated rings. The van der Waals surface area contributed by atoms with Gasteiger partial charge in [0, 0.05) is 18.9 Å². The van der Waals surface area contributed by atoms with Gasteiger partial charge < -0.3 is 4.74 Å². The number of rotatable bonds is 3. The van der Waals surface area contributed by atoms with Gasteiger partial charge in [-0.2, -0.15) is 0 Å². The molecule has 1 unspecified atom stereocenters. The Morgan fingerprint density at radius 1 is 1.69 bits per heavy atom. The monoisotopic (exact) mass is 182 g/mol. The van der Waals surface area contributed by atoms with E-state index in [-0.39, 0.29) is 11.7 Å². The molecule has 4 heteroatoms. The first kappa shape index (κ1) is 9.92. The second-order valence-electron chi connectivity index (χ2n) is 3.07. The number of aromatic nitrogens is 2. The molecule has 0 saturated carbocycles. The molecule has 0 bridgehead atoms. The zero-order chi connectivity index (χ0) is 9.84. The third kappa shape index (κ3) is 2.66. The van der Waals surface area contributed by atoms with Gasteiger partial charge in [0.2, 0.25) is 0 Å². The normalized spacial score (nSPS) is 12.8. The predicted molar refractivity (Wildman–Crippen MR) is 49.7 cm³/mol. The van der Waals surface area contributed by atoms with Crippen LogP contribution in [0.4, 0.5) is 0 Å². The minimum Gasteiger partial charge on any atom is -0.380 e. The molecule has 72 valence electrons. The highest BCUT2D eigenvalue weighted by Crippen LogP contribution is 1.92. The van der Waals surface area contributed by atoms with Gasteiger partial charge in [0.05, 0.1) is 19.0 Å². The lowest BCUT2D eigenvalue weighted by Gasteiger charge is -2.10. The number of aryl methyl sites for hydroxylation is 1. The highest BCUT2D eigenvalue weighted by atomic mass is 16.5. The van der Waals surface area contributed by atoms with Crippen LogP contribution in [-0.4, -0.2) is 22.8 Å². The fourth-order valence-corrected chi connectivity index (χ4v) is 1.01. The lowest BCUT2D eigenvalue weighted by molar-refractivity contribution is 0.102. The number of hydrogen-bond donors (Lipinski definition) is 0. The Labute approximate surface area is 77.2 Å². The molecule has 1 rings (SSSR count). The second-order valence-corrected chi connectivity index (χ2v) is 3.07. The van der Waals surface area contributed by atoms with E-state index in [2.05, 4.69) is 4.98 Å². The van der Waals surface area contributed by atoms with Crippen LogP contribution in [0.3, 0.4) is 0 Å². The molecule has 0 amide bonds. The number of hydrogen-bond acceptors (Lipinski definition) is 3. The van der Waals surface area contributed by atoms with Gasteiger partial charge in [0.1, 0.15) is 0 Å². The van der Waals surface area contributed by atoms with E-state index in [9.17, 15) is 4.79 Å². The van der Waals surface area contributed by atoms with Gasteiger partial charge in [0.25, 0.3) is 5.56 Å². The molecule has 0 aliphatic carbocycles. The van der Waals surface area contributed by atoms with Crippen LogP contribution in [0, 0.1) is 6.92 Å². The van der Waals surface area contributed by atoms with Crippen LogP contribution in [0.15, 0.2) is 17.2 Å². The maximum Gasteiger partial charge on any atom is 0.253 e. The summed E-state index contributed by atoms with van der Waals surface area (Å²) in [7, 11) is 1.62. The van der Waals surface area contributed by atoms with E-state index in [0.29, 0.717) is 6.54 Å². The summed E-state index contributed by atoms with van der Waals surface area (Å²) in [6.45, 7) is 4.25. The van der Waals surface area contributed by atoms with Crippen LogP contribution >= 0.6 is 0 Å². The molecule has 1 heterocycles. The average Bonchev–Trinajstić information content (AvgIpc) is 2.09. The lowest BCUT2D eigenvalue weighted by Crippen LogP contribution is -2.26. The minimum absolute atomic E-state index is 0.0298. The quantitative estimate of drug-likeness (QED) is 0.687. The summed E-state index contributed by atoms with van der Waals surface area (Å²) in [5.41, 5.74) is 0.711. The predicted octanol–water partition coefficient (Wildman–Crippen LogP) is 0.587. The van der Waals surface area contributed by atoms with Crippen molar-refractivity contribution in [2.24, 2.45) is 0 Å². The van der Waals surface area contributed by atoms with Crippen molar-refractivity contribution in [2.75, 3.05) is 7.11 Å². The van der Waals surface area contributed by atoms with E-state index >= 15 is 0 Å². The largest absolute Gasteiger partial charge is 0.380 e. The summed E-state index contributed by atoms with van der Waals surface area (Å²) in [6, 6.07) is 1.52. The fraction of sp³-hybridized carbons (Fsp3) is 0.556. The van der Waals surface area contributed by atoms with Crippen molar-refractivity contribution >= 4 is 0 Å². The standard InChI is InChI=1S/C9H14N2O2/c1-7-4-9(12)11(6-10-7)5-8(2)13-3/h4,6,8H,5H2,1-3H3. The SMILES string of the molecule is COC(C)Cn1cnc(C)cc1=O. The van der Waals surface area contributed by atoms with Crippen molar-refractivity contribution in [3.05, 3.63) is 28.4 Å². The van der Waals surface area contributed by atoms with Crippen molar-refractivity contribution in [2.45, 2.75) is 26.5 Å². The first-order valence-electron chi connectivity index (χ1n) is 4.19. The molecule has 4 nitrogen and oxygen atoms in total. The van der Waals surface area contributed by atoms with Crippen molar-refractivity contribution in [3.8, 4) is 0 Å². The van der Waals surface area contributed by atoms with Crippen LogP contribution in [0.1, 0.15) is 12.6 Å². The van der Waals surface area contributed by atoms with Crippen molar-refractivity contribution in [1.29, 1.82) is 0 Å². The summed E-state index contributed by atoms with van der Waals surface area (Å²) in [4.78, 5) is 15.4. The molecule has 1 aromatic rings. The number of methoxy groups -OCH3 is 1. The van der Waals surface area contributed by atoms with Crippen LogP contribution < -0.4 is 5.56 Å². The molecule has 0 aliphatic heterocycles. The average molecular weight is 182 g/mol. The molecular weight excluding hydrogens is 168 g/mol. The summed E-state index contributed by atoms with van der Waals surface area (Å²) in [5, 5.41) is 0. The zero-order valence-corrected chi connectivity index (χ0v) is 8.15. The first-order valence-corrected chi connectivity index (χ1v) is 4.19. The van der Waals surface area contributed by atoms with Gasteiger partial charge in [-0.1, -0.05) is 0 Å². The molecule has 1 atom stereocenters. The van der Waals surface area contributed by atoms with Gasteiger partial charge in [-0.3, -0.25) is 9.36 Å². The maximum absolute atomic E-state index is 11.4. The van der Waals surface area contributed by atoms with Gasteiger partial charge >= 0.3 is 0 Å². The third-order valence-corrected chi connectivity index (χ3v) is 1.87. The van der Waals surface area contributed by atoms with Crippen molar-refractivity contribution < 1.29 is 4.74 Å². The van der Waals surface area contributed by atoms with Crippen molar-refractivity contribution in [3.63, 3.8) is 0 Å². The van der Waals surface area contributed by atoms with Gasteiger partial charge in [-0.15, -0.1) is 0 Å². The van der Waals surface area contributed by atoms with E-state index in [1.165, 1.54) is 6.07 Å². The molecule has 0 radical (unpaired) electrons. The van der Waals surface area contributed by atoms with Crippen LogP contribution in [0.25, 0.3) is 0 Å². The lowest BCUT2D eigenvalue weighted by atomic mass is 10.4. The summed E-state index contributed by atoms with van der Waals surface area (Å²) >= 11 is 0. The fourth-order valence-electron chi connectivity index (χ4n) is 1.01. The summed E-state index contributed by atoms with van der Waals surface area (Å²) < 4.78 is 6.59. The summed E-state index contributed by atoms with van der Waals surface area (Å²) in [6.07, 6.45) is 1.58. The van der Waals surface area contributed by atoms with E-state index in [1.54, 1.807) is 24.9 Å². The van der Waals surface area contributed by atoms with E-state index in [4.69, 9.17) is 4.74 Å². The Morgan fingerprint density at radius 3 is 2.92 bits per heavy atom. The van der Waals surface area contributed by atoms with Gasteiger partial charge in [-0.05, 0) is 13.8 Å². The Hall–Kier alpha value is -1.16. The molecule has 0 aromatic carbocycles. The third-order valence-electron chi connectivity index (χ3n) is 1.87. The molecule has 0 saturated heterocycles. The van der Waals surface area contributed by atoms with Gasteiger partial charge in [-0.25, -0.2) is 4.98 Å². The Bertz CT molecular complexity index is 333. The molecule has 13 heavy (non-hydrogen) atoms. The van der Waals surface area contributed by atoms with E-state index in [0.717, 1.165) is 5.69 Å². The second kappa shape index (κ2) is 4.18. The van der Waals surface area contributed by atoms with E-state index in [1.807, 2.05) is 6.92 Å². The molecule has 0 N–H and O–H groups in total. The smallest absolute Gasteiger partial charge is 0.253 e. The summed E-state index contributed by atoms with van der Waals surface area (Å²) in [5.74, 6) is 0. The van der Waals surface area contributed by atoms with E-state index < -0.39 is 0 Å². The van der Waals surface area contributed by atoms with Crippen LogP contribution in [0.5, 0.6) is 0 Å². The van der Waals surface area contributed by atoms with Crippen LogP contribution in [0.2, 0.25) is 0 Å². The van der Waals surface area contributed by atoms with Crippen LogP contribution in [-0.2, 0) is 11.3 Å². The van der Waals surface area contributed by atoms with Crippen molar-refractivity contribution in [1.82, 2.24) is 9.55 Å². The Kier molecular flexibility index (Phi) is 3.19. The molecule has 1 aromatic heterocycles. The first-order chi connectivity index (χ1) is 6.13. The molecular formula is C9H14N2O2. The minimum atomic E-state index is -0.0311.